The summed E-state index contributed by atoms with van der Waals surface area (Å²) in [6, 6.07) is 6.30. The van der Waals surface area contributed by atoms with Crippen LogP contribution in [0.4, 0.5) is 17.6 Å². The number of ether oxygens (including phenoxy) is 1. The Morgan fingerprint density at radius 1 is 1.32 bits per heavy atom. The number of esters is 1. The molecular weight excluding hydrogens is 342 g/mol. The summed E-state index contributed by atoms with van der Waals surface area (Å²) in [6.45, 7) is -2.92. The lowest BCUT2D eigenvalue weighted by molar-refractivity contribution is -0.914. The minimum Gasteiger partial charge on any atom is -0.459 e. The molecule has 8 heteroatoms. The standard InChI is InChI=1S/C17H20F4NO3/c1-3-9-22(2,13-18)10-11-25-15(24)16(12-23,17(19,20)21)14-7-5-4-6-8-14/h1,4-8,23H,9-13H2,2H3/q+1/t16-,22?/m1/s1. The number of aliphatic hydroxyl groups excluding tert-OH is 1. The van der Waals surface area contributed by atoms with Crippen LogP contribution in [0.1, 0.15) is 5.56 Å². The Bertz CT molecular complexity index is 615. The average molecular weight is 362 g/mol. The van der Waals surface area contributed by atoms with E-state index < -0.39 is 43.1 Å². The first-order chi connectivity index (χ1) is 11.7. The minimum atomic E-state index is -5.07. The second-order valence-corrected chi connectivity index (χ2v) is 5.89. The molecule has 0 aliphatic heterocycles. The molecule has 1 unspecified atom stereocenters. The average Bonchev–Trinajstić information content (AvgIpc) is 2.56. The van der Waals surface area contributed by atoms with Crippen molar-refractivity contribution in [2.24, 2.45) is 0 Å². The number of aliphatic hydroxyl groups is 1. The first kappa shape index (κ1) is 20.9. The van der Waals surface area contributed by atoms with Crippen LogP contribution < -0.4 is 0 Å². The summed E-state index contributed by atoms with van der Waals surface area (Å²) in [5.74, 6) is 0.622. The molecule has 0 saturated carbocycles. The lowest BCUT2D eigenvalue weighted by Gasteiger charge is -2.33. The van der Waals surface area contributed by atoms with Gasteiger partial charge < -0.3 is 9.84 Å². The molecule has 4 nitrogen and oxygen atoms in total. The maximum absolute atomic E-state index is 13.6. The van der Waals surface area contributed by atoms with E-state index in [1.165, 1.54) is 25.2 Å². The van der Waals surface area contributed by atoms with E-state index in [-0.39, 0.29) is 17.6 Å². The first-order valence-electron chi connectivity index (χ1n) is 7.40. The van der Waals surface area contributed by atoms with Crippen LogP contribution in [0.25, 0.3) is 0 Å². The molecule has 1 rings (SSSR count). The summed E-state index contributed by atoms with van der Waals surface area (Å²) in [7, 11) is 1.45. The summed E-state index contributed by atoms with van der Waals surface area (Å²) in [4.78, 5) is 12.2. The number of carbonyl (C=O) groups excluding carboxylic acids is 1. The van der Waals surface area contributed by atoms with Crippen molar-refractivity contribution < 1.29 is 36.7 Å². The number of rotatable bonds is 8. The fraction of sp³-hybridized carbons (Fsp3) is 0.471. The van der Waals surface area contributed by atoms with Crippen molar-refractivity contribution in [3.05, 3.63) is 35.9 Å². The Kier molecular flexibility index (Phi) is 6.96. The van der Waals surface area contributed by atoms with Crippen LogP contribution in [0.15, 0.2) is 30.3 Å². The second kappa shape index (κ2) is 8.32. The van der Waals surface area contributed by atoms with Crippen LogP contribution in [-0.4, -0.2) is 61.9 Å². The topological polar surface area (TPSA) is 46.5 Å². The van der Waals surface area contributed by atoms with Crippen molar-refractivity contribution >= 4 is 5.97 Å². The van der Waals surface area contributed by atoms with Gasteiger partial charge in [-0.1, -0.05) is 30.3 Å². The van der Waals surface area contributed by atoms with Crippen molar-refractivity contribution in [3.8, 4) is 12.3 Å². The monoisotopic (exact) mass is 362 g/mol. The molecule has 0 fully saturated rings. The smallest absolute Gasteiger partial charge is 0.411 e. The van der Waals surface area contributed by atoms with E-state index in [0.29, 0.717) is 0 Å². The van der Waals surface area contributed by atoms with Gasteiger partial charge in [-0.15, -0.1) is 6.42 Å². The number of quaternary nitrogens is 1. The number of halogens is 4. The van der Waals surface area contributed by atoms with E-state index in [0.717, 1.165) is 12.1 Å². The van der Waals surface area contributed by atoms with Gasteiger partial charge in [-0.3, -0.25) is 9.28 Å². The molecular formula is C17H20F4NO3+. The Balaban J connectivity index is 3.02. The fourth-order valence-electron chi connectivity index (χ4n) is 2.25. The van der Waals surface area contributed by atoms with Gasteiger partial charge in [-0.2, -0.15) is 17.6 Å². The third-order valence-corrected chi connectivity index (χ3v) is 3.96. The van der Waals surface area contributed by atoms with E-state index >= 15 is 0 Å². The highest BCUT2D eigenvalue weighted by Gasteiger charge is 2.62. The lowest BCUT2D eigenvalue weighted by atomic mass is 9.80. The SMILES string of the molecule is C#CC[N+](C)(CF)CCOC(=O)[C@@](CO)(c1ccccc1)C(F)(F)F. The number of benzene rings is 1. The van der Waals surface area contributed by atoms with Gasteiger partial charge >= 0.3 is 12.1 Å². The van der Waals surface area contributed by atoms with Crippen LogP contribution >= 0.6 is 0 Å². The minimum absolute atomic E-state index is 0.00283. The molecule has 1 N–H and O–H groups in total. The van der Waals surface area contributed by atoms with Gasteiger partial charge in [0.2, 0.25) is 12.2 Å². The van der Waals surface area contributed by atoms with Crippen molar-refractivity contribution in [1.82, 2.24) is 0 Å². The van der Waals surface area contributed by atoms with E-state index in [1.807, 2.05) is 0 Å². The molecule has 0 bridgehead atoms. The molecule has 25 heavy (non-hydrogen) atoms. The number of likely N-dealkylation sites (N-methyl/N-ethyl adjacent to an activating group) is 1. The fourth-order valence-corrected chi connectivity index (χ4v) is 2.25. The van der Waals surface area contributed by atoms with Crippen molar-refractivity contribution in [2.45, 2.75) is 11.6 Å². The number of nitrogens with zero attached hydrogens (tertiary/aromatic N) is 1. The van der Waals surface area contributed by atoms with Crippen molar-refractivity contribution in [1.29, 1.82) is 0 Å². The van der Waals surface area contributed by atoms with E-state index in [9.17, 15) is 27.5 Å². The third kappa shape index (κ3) is 4.50. The van der Waals surface area contributed by atoms with Gasteiger partial charge in [0.25, 0.3) is 0 Å². The highest BCUT2D eigenvalue weighted by Crippen LogP contribution is 2.42. The van der Waals surface area contributed by atoms with Crippen molar-refractivity contribution in [2.75, 3.05) is 40.1 Å². The van der Waals surface area contributed by atoms with Gasteiger partial charge in [0.05, 0.1) is 13.7 Å². The number of terminal acetylenes is 1. The van der Waals surface area contributed by atoms with Crippen LogP contribution in [-0.2, 0) is 14.9 Å². The summed E-state index contributed by atoms with van der Waals surface area (Å²) in [5.41, 5.74) is -3.62. The van der Waals surface area contributed by atoms with Crippen molar-refractivity contribution in [3.63, 3.8) is 0 Å². The van der Waals surface area contributed by atoms with E-state index in [4.69, 9.17) is 11.2 Å². The molecule has 1 aromatic carbocycles. The second-order valence-electron chi connectivity index (χ2n) is 5.89. The van der Waals surface area contributed by atoms with E-state index in [2.05, 4.69) is 5.92 Å². The highest BCUT2D eigenvalue weighted by molar-refractivity contribution is 5.84. The Morgan fingerprint density at radius 2 is 1.92 bits per heavy atom. The zero-order valence-corrected chi connectivity index (χ0v) is 13.7. The number of hydrogen-bond acceptors (Lipinski definition) is 3. The predicted molar refractivity (Wildman–Crippen MR) is 82.9 cm³/mol. The van der Waals surface area contributed by atoms with Crippen LogP contribution in [0, 0.1) is 12.3 Å². The van der Waals surface area contributed by atoms with Gasteiger partial charge in [-0.05, 0) is 11.5 Å². The Hall–Kier alpha value is -2.11. The van der Waals surface area contributed by atoms with Gasteiger partial charge in [0.1, 0.15) is 19.7 Å². The van der Waals surface area contributed by atoms with Crippen LogP contribution in [0.3, 0.4) is 0 Å². The molecule has 1 aromatic rings. The molecule has 0 aromatic heterocycles. The quantitative estimate of drug-likeness (QED) is 0.253. The predicted octanol–water partition coefficient (Wildman–Crippen LogP) is 2.03. The third-order valence-electron chi connectivity index (χ3n) is 3.96. The highest BCUT2D eigenvalue weighted by atomic mass is 19.4. The molecule has 0 amide bonds. The first-order valence-corrected chi connectivity index (χ1v) is 7.40. The van der Waals surface area contributed by atoms with Gasteiger partial charge in [0.15, 0.2) is 0 Å². The van der Waals surface area contributed by atoms with Gasteiger partial charge in [-0.25, -0.2) is 0 Å². The van der Waals surface area contributed by atoms with E-state index in [1.54, 1.807) is 0 Å². The molecule has 0 spiro atoms. The summed E-state index contributed by atoms with van der Waals surface area (Å²) < 4.78 is 58.3. The largest absolute Gasteiger partial charge is 0.459 e. The van der Waals surface area contributed by atoms with Crippen LogP contribution in [0.5, 0.6) is 0 Å². The molecule has 0 aliphatic carbocycles. The maximum atomic E-state index is 13.6. The number of alkyl halides is 4. The molecule has 0 saturated heterocycles. The number of carbonyl (C=O) groups is 1. The van der Waals surface area contributed by atoms with Crippen LogP contribution in [0.2, 0.25) is 0 Å². The lowest BCUT2D eigenvalue weighted by Crippen LogP contribution is -2.54. The van der Waals surface area contributed by atoms with Gasteiger partial charge in [0, 0.05) is 0 Å². The summed E-state index contributed by atoms with van der Waals surface area (Å²) in [6.07, 6.45) is 0.0516. The molecule has 2 atom stereocenters. The number of hydrogen-bond donors (Lipinski definition) is 1. The summed E-state index contributed by atoms with van der Waals surface area (Å²) >= 11 is 0. The molecule has 0 radical (unpaired) electrons. The normalized spacial score (nSPS) is 16.4. The molecule has 138 valence electrons. The zero-order valence-electron chi connectivity index (χ0n) is 13.7. The zero-order chi connectivity index (χ0) is 19.1. The Labute approximate surface area is 143 Å². The summed E-state index contributed by atoms with van der Waals surface area (Å²) in [5, 5.41) is 9.41. The molecule has 0 aliphatic rings. The maximum Gasteiger partial charge on any atom is 0.411 e. The molecule has 0 heterocycles. The Morgan fingerprint density at radius 3 is 2.36 bits per heavy atom.